The Kier molecular flexibility index (Phi) is 10.9. The van der Waals surface area contributed by atoms with E-state index in [2.05, 4.69) is 43.5 Å². The maximum absolute atomic E-state index is 10.4. The van der Waals surface area contributed by atoms with Gasteiger partial charge in [0.15, 0.2) is 0 Å². The van der Waals surface area contributed by atoms with Gasteiger partial charge in [0, 0.05) is 24.5 Å². The lowest BCUT2D eigenvalue weighted by atomic mass is 10.1. The van der Waals surface area contributed by atoms with E-state index in [9.17, 15) is 4.79 Å². The van der Waals surface area contributed by atoms with E-state index >= 15 is 0 Å². The summed E-state index contributed by atoms with van der Waals surface area (Å²) in [5.41, 5.74) is 1.35. The maximum atomic E-state index is 10.4. The molecule has 0 saturated carbocycles. The molecule has 0 amide bonds. The molecule has 0 aliphatic carbocycles. The minimum Gasteiger partial charge on any atom is -0.492 e. The highest BCUT2D eigenvalue weighted by Crippen LogP contribution is 2.15. The van der Waals surface area contributed by atoms with Crippen molar-refractivity contribution in [1.82, 2.24) is 0 Å². The molecular formula is C20H28O3S. The average molecular weight is 349 g/mol. The van der Waals surface area contributed by atoms with Gasteiger partial charge < -0.3 is 9.84 Å². The number of benzene rings is 1. The molecule has 0 saturated heterocycles. The second-order valence-electron chi connectivity index (χ2n) is 5.87. The zero-order valence-electron chi connectivity index (χ0n) is 14.5. The molecule has 0 aromatic heterocycles. The first kappa shape index (κ1) is 20.4. The van der Waals surface area contributed by atoms with E-state index in [1.807, 2.05) is 12.1 Å². The topological polar surface area (TPSA) is 46.5 Å². The van der Waals surface area contributed by atoms with E-state index in [1.165, 1.54) is 24.8 Å². The average Bonchev–Trinajstić information content (AvgIpc) is 2.57. The Balaban J connectivity index is 2.20. The number of hydrogen-bond acceptors (Lipinski definition) is 3. The van der Waals surface area contributed by atoms with Crippen LogP contribution in [0.5, 0.6) is 5.75 Å². The minimum atomic E-state index is -0.770. The molecule has 0 aliphatic rings. The summed E-state index contributed by atoms with van der Waals surface area (Å²) < 4.78 is 5.74. The molecule has 0 spiro atoms. The van der Waals surface area contributed by atoms with Crippen molar-refractivity contribution in [2.24, 2.45) is 0 Å². The van der Waals surface area contributed by atoms with Gasteiger partial charge in [-0.1, -0.05) is 31.9 Å². The van der Waals surface area contributed by atoms with Gasteiger partial charge in [0.25, 0.3) is 0 Å². The molecule has 1 N–H and O–H groups in total. The van der Waals surface area contributed by atoms with E-state index in [1.54, 1.807) is 0 Å². The molecule has 1 aromatic carbocycles. The monoisotopic (exact) mass is 348 g/mol. The Morgan fingerprint density at radius 3 is 2.62 bits per heavy atom. The molecule has 0 heterocycles. The third-order valence-electron chi connectivity index (χ3n) is 3.59. The molecule has 1 unspecified atom stereocenters. The lowest BCUT2D eigenvalue weighted by molar-refractivity contribution is -0.137. The zero-order valence-corrected chi connectivity index (χ0v) is 15.4. The number of carboxylic acids is 1. The molecule has 4 heteroatoms. The molecule has 1 aromatic rings. The normalized spacial score (nSPS) is 11.4. The first-order chi connectivity index (χ1) is 11.6. The fourth-order valence-corrected chi connectivity index (χ4v) is 2.36. The van der Waals surface area contributed by atoms with Gasteiger partial charge in [-0.2, -0.15) is 12.6 Å². The van der Waals surface area contributed by atoms with Crippen LogP contribution in [0.25, 0.3) is 0 Å². The summed E-state index contributed by atoms with van der Waals surface area (Å²) >= 11 is 4.47. The number of aliphatic carboxylic acids is 1. The highest BCUT2D eigenvalue weighted by molar-refractivity contribution is 7.81. The number of unbranched alkanes of at least 4 members (excludes halogenated alkanes) is 3. The Labute approximate surface area is 151 Å². The first-order valence-electron chi connectivity index (χ1n) is 8.69. The van der Waals surface area contributed by atoms with Gasteiger partial charge in [-0.05, 0) is 37.0 Å². The number of carboxylic acid groups (broad SMARTS) is 1. The Morgan fingerprint density at radius 2 is 1.96 bits per heavy atom. The van der Waals surface area contributed by atoms with Crippen molar-refractivity contribution in [2.45, 2.75) is 63.5 Å². The van der Waals surface area contributed by atoms with Gasteiger partial charge in [0.05, 0.1) is 0 Å². The fourth-order valence-electron chi connectivity index (χ4n) is 2.19. The highest BCUT2D eigenvalue weighted by atomic mass is 32.1. The van der Waals surface area contributed by atoms with Crippen LogP contribution in [0.2, 0.25) is 0 Å². The van der Waals surface area contributed by atoms with Crippen molar-refractivity contribution in [3.8, 4) is 17.6 Å². The van der Waals surface area contributed by atoms with Crippen LogP contribution in [0.1, 0.15) is 57.4 Å². The van der Waals surface area contributed by atoms with Gasteiger partial charge in [-0.3, -0.25) is 4.79 Å². The lowest BCUT2D eigenvalue weighted by Crippen LogP contribution is -2.11. The second-order valence-corrected chi connectivity index (χ2v) is 6.60. The highest BCUT2D eigenvalue weighted by Gasteiger charge is 2.03. The van der Waals surface area contributed by atoms with Crippen LogP contribution < -0.4 is 4.74 Å². The van der Waals surface area contributed by atoms with Crippen LogP contribution in [0.3, 0.4) is 0 Å². The van der Waals surface area contributed by atoms with Crippen LogP contribution in [0.4, 0.5) is 0 Å². The number of ether oxygens (including phenoxy) is 1. The summed E-state index contributed by atoms with van der Waals surface area (Å²) in [7, 11) is 0. The van der Waals surface area contributed by atoms with Crippen molar-refractivity contribution in [1.29, 1.82) is 0 Å². The largest absolute Gasteiger partial charge is 0.492 e. The van der Waals surface area contributed by atoms with Crippen molar-refractivity contribution in [3.05, 3.63) is 29.8 Å². The van der Waals surface area contributed by atoms with Gasteiger partial charge in [0.1, 0.15) is 12.4 Å². The first-order valence-corrected chi connectivity index (χ1v) is 9.20. The maximum Gasteiger partial charge on any atom is 0.303 e. The SMILES string of the molecule is CCCCCc1ccc(OCC(S)CC#CCCCC(=O)O)cc1. The molecule has 0 bridgehead atoms. The van der Waals surface area contributed by atoms with Crippen molar-refractivity contribution < 1.29 is 14.6 Å². The summed E-state index contributed by atoms with van der Waals surface area (Å²) in [6.45, 7) is 2.73. The molecule has 3 nitrogen and oxygen atoms in total. The lowest BCUT2D eigenvalue weighted by Gasteiger charge is -2.10. The number of rotatable bonds is 11. The van der Waals surface area contributed by atoms with Crippen LogP contribution in [-0.2, 0) is 11.2 Å². The van der Waals surface area contributed by atoms with E-state index in [4.69, 9.17) is 9.84 Å². The molecule has 24 heavy (non-hydrogen) atoms. The second kappa shape index (κ2) is 12.8. The van der Waals surface area contributed by atoms with Crippen LogP contribution >= 0.6 is 12.6 Å². The smallest absolute Gasteiger partial charge is 0.303 e. The van der Waals surface area contributed by atoms with E-state index in [-0.39, 0.29) is 11.7 Å². The summed E-state index contributed by atoms with van der Waals surface area (Å²) in [6, 6.07) is 8.28. The van der Waals surface area contributed by atoms with Crippen molar-refractivity contribution in [3.63, 3.8) is 0 Å². The van der Waals surface area contributed by atoms with Crippen LogP contribution in [0.15, 0.2) is 24.3 Å². The van der Waals surface area contributed by atoms with Gasteiger partial charge in [0.2, 0.25) is 0 Å². The molecule has 0 aliphatic heterocycles. The molecule has 1 atom stereocenters. The molecular weight excluding hydrogens is 320 g/mol. The van der Waals surface area contributed by atoms with E-state index in [0.717, 1.165) is 12.2 Å². The third-order valence-corrected chi connectivity index (χ3v) is 3.92. The molecule has 0 radical (unpaired) electrons. The Bertz CT molecular complexity index is 528. The van der Waals surface area contributed by atoms with E-state index in [0.29, 0.717) is 25.9 Å². The summed E-state index contributed by atoms with van der Waals surface area (Å²) in [5.74, 6) is 6.11. The Hall–Kier alpha value is -1.60. The third kappa shape index (κ3) is 10.2. The van der Waals surface area contributed by atoms with E-state index < -0.39 is 5.97 Å². The molecule has 1 rings (SSSR count). The molecule has 132 valence electrons. The van der Waals surface area contributed by atoms with Crippen molar-refractivity contribution in [2.75, 3.05) is 6.61 Å². The van der Waals surface area contributed by atoms with Crippen LogP contribution in [-0.4, -0.2) is 22.9 Å². The fraction of sp³-hybridized carbons (Fsp3) is 0.550. The van der Waals surface area contributed by atoms with Crippen molar-refractivity contribution >= 4 is 18.6 Å². The minimum absolute atomic E-state index is 0.0567. The number of carbonyl (C=O) groups is 1. The predicted octanol–water partition coefficient (Wildman–Crippen LogP) is 4.74. The number of aryl methyl sites for hydroxylation is 1. The summed E-state index contributed by atoms with van der Waals surface area (Å²) in [5, 5.41) is 8.59. The standard InChI is InChI=1S/C20H28O3S/c1-2-3-6-9-17-12-14-18(15-13-17)23-16-19(24)10-7-4-5-8-11-20(21)22/h12-15,19,24H,2-3,5-6,8-11,16H2,1H3,(H,21,22). The predicted molar refractivity (Wildman–Crippen MR) is 102 cm³/mol. The van der Waals surface area contributed by atoms with Gasteiger partial charge in [-0.15, -0.1) is 11.8 Å². The molecule has 0 fully saturated rings. The van der Waals surface area contributed by atoms with Gasteiger partial charge in [-0.25, -0.2) is 0 Å². The number of thiol groups is 1. The Morgan fingerprint density at radius 1 is 1.21 bits per heavy atom. The zero-order chi connectivity index (χ0) is 17.6. The van der Waals surface area contributed by atoms with Crippen LogP contribution in [0, 0.1) is 11.8 Å². The summed E-state index contributed by atoms with van der Waals surface area (Å²) in [6.07, 6.45) is 6.92. The summed E-state index contributed by atoms with van der Waals surface area (Å²) in [4.78, 5) is 10.4. The number of hydrogen-bond donors (Lipinski definition) is 2. The van der Waals surface area contributed by atoms with Gasteiger partial charge >= 0.3 is 5.97 Å². The quantitative estimate of drug-likeness (QED) is 0.345.